The van der Waals surface area contributed by atoms with Crippen LogP contribution in [0.2, 0.25) is 0 Å². The molecule has 0 atom stereocenters. The molecule has 5 rings (SSSR count). The van der Waals surface area contributed by atoms with E-state index in [1.807, 2.05) is 54.6 Å². The zero-order valence-electron chi connectivity index (χ0n) is 16.2. The van der Waals surface area contributed by atoms with Gasteiger partial charge in [-0.25, -0.2) is 0 Å². The van der Waals surface area contributed by atoms with Crippen LogP contribution in [0.4, 0.5) is 0 Å². The fourth-order valence-corrected chi connectivity index (χ4v) is 3.99. The molecule has 0 saturated heterocycles. The first kappa shape index (κ1) is 17.9. The van der Waals surface area contributed by atoms with Crippen LogP contribution in [0.15, 0.2) is 102 Å². The molecule has 0 aliphatic carbocycles. The van der Waals surface area contributed by atoms with Crippen molar-refractivity contribution in [1.29, 1.82) is 5.26 Å². The zero-order valence-corrected chi connectivity index (χ0v) is 16.2. The third kappa shape index (κ3) is 3.05. The van der Waals surface area contributed by atoms with Gasteiger partial charge in [-0.3, -0.25) is 4.79 Å². The molecule has 1 aromatic heterocycles. The van der Waals surface area contributed by atoms with Gasteiger partial charge in [0.05, 0.1) is 23.7 Å². The summed E-state index contributed by atoms with van der Waals surface area (Å²) >= 11 is 0. The van der Waals surface area contributed by atoms with Gasteiger partial charge in [-0.2, -0.15) is 5.26 Å². The normalized spacial score (nSPS) is 10.9. The molecular weight excluding hydrogens is 368 g/mol. The van der Waals surface area contributed by atoms with Crippen LogP contribution in [0.1, 0.15) is 11.1 Å². The Bertz CT molecular complexity index is 1470. The van der Waals surface area contributed by atoms with E-state index in [1.165, 1.54) is 5.56 Å². The summed E-state index contributed by atoms with van der Waals surface area (Å²) in [6, 6.07) is 33.9. The number of rotatable bonds is 3. The van der Waals surface area contributed by atoms with Gasteiger partial charge >= 0.3 is 0 Å². The van der Waals surface area contributed by atoms with E-state index in [0.29, 0.717) is 17.5 Å². The summed E-state index contributed by atoms with van der Waals surface area (Å²) in [4.78, 5) is 13.3. The number of hydrogen-bond donors (Lipinski definition) is 0. The van der Waals surface area contributed by atoms with Gasteiger partial charge in [-0.1, -0.05) is 72.8 Å². The molecule has 0 saturated carbocycles. The summed E-state index contributed by atoms with van der Waals surface area (Å²) < 4.78 is 1.80. The number of hydrogen-bond acceptors (Lipinski definition) is 2. The highest BCUT2D eigenvalue weighted by atomic mass is 16.1. The van der Waals surface area contributed by atoms with Crippen molar-refractivity contribution >= 4 is 21.7 Å². The molecule has 5 aromatic rings. The van der Waals surface area contributed by atoms with E-state index >= 15 is 0 Å². The second-order valence-corrected chi connectivity index (χ2v) is 7.34. The van der Waals surface area contributed by atoms with Crippen LogP contribution in [-0.2, 0) is 6.54 Å². The molecular formula is C27H18N2O. The Morgan fingerprint density at radius 3 is 2.10 bits per heavy atom. The second kappa shape index (κ2) is 7.35. The molecule has 0 bridgehead atoms. The molecule has 0 radical (unpaired) electrons. The molecule has 142 valence electrons. The van der Waals surface area contributed by atoms with Gasteiger partial charge in [0.2, 0.25) is 0 Å². The molecule has 4 aromatic carbocycles. The molecule has 3 heteroatoms. The first-order chi connectivity index (χ1) is 14.7. The van der Waals surface area contributed by atoms with Crippen LogP contribution in [0, 0.1) is 11.3 Å². The molecule has 0 amide bonds. The van der Waals surface area contributed by atoms with Crippen molar-refractivity contribution in [1.82, 2.24) is 4.57 Å². The first-order valence-corrected chi connectivity index (χ1v) is 9.84. The lowest BCUT2D eigenvalue weighted by Gasteiger charge is -2.14. The van der Waals surface area contributed by atoms with Crippen LogP contribution < -0.4 is 5.56 Å². The van der Waals surface area contributed by atoms with Gasteiger partial charge in [-0.05, 0) is 46.3 Å². The first-order valence-electron chi connectivity index (χ1n) is 9.84. The minimum atomic E-state index is -0.0186. The number of benzene rings is 4. The quantitative estimate of drug-likeness (QED) is 0.371. The highest BCUT2D eigenvalue weighted by Gasteiger charge is 2.12. The van der Waals surface area contributed by atoms with Gasteiger partial charge in [0.15, 0.2) is 0 Å². The third-order valence-electron chi connectivity index (χ3n) is 5.51. The standard InChI is InChI=1S/C27H18N2O/c28-17-20-12-15-26-25(16-20)23-8-4-5-9-24(23)27(30)29(26)18-19-10-13-22(14-11-19)21-6-2-1-3-7-21/h1-16H,18H2. The topological polar surface area (TPSA) is 45.8 Å². The van der Waals surface area contributed by atoms with Crippen molar-refractivity contribution < 1.29 is 0 Å². The minimum Gasteiger partial charge on any atom is -0.303 e. The summed E-state index contributed by atoms with van der Waals surface area (Å²) in [6.45, 7) is 0.473. The van der Waals surface area contributed by atoms with Crippen molar-refractivity contribution in [3.05, 3.63) is 119 Å². The van der Waals surface area contributed by atoms with Crippen molar-refractivity contribution in [2.45, 2.75) is 6.54 Å². The van der Waals surface area contributed by atoms with Gasteiger partial charge in [-0.15, -0.1) is 0 Å². The van der Waals surface area contributed by atoms with Crippen molar-refractivity contribution in [3.63, 3.8) is 0 Å². The lowest BCUT2D eigenvalue weighted by atomic mass is 10.0. The Hall–Kier alpha value is -4.16. The van der Waals surface area contributed by atoms with E-state index in [0.717, 1.165) is 27.4 Å². The van der Waals surface area contributed by atoms with E-state index in [1.54, 1.807) is 10.6 Å². The number of nitriles is 1. The molecule has 3 nitrogen and oxygen atoms in total. The van der Waals surface area contributed by atoms with Crippen molar-refractivity contribution in [2.75, 3.05) is 0 Å². The van der Waals surface area contributed by atoms with Crippen LogP contribution in [0.5, 0.6) is 0 Å². The van der Waals surface area contributed by atoms with E-state index in [2.05, 4.69) is 42.5 Å². The Balaban J connectivity index is 1.64. The lowest BCUT2D eigenvalue weighted by molar-refractivity contribution is 0.802. The maximum absolute atomic E-state index is 13.3. The highest BCUT2D eigenvalue weighted by molar-refractivity contribution is 6.06. The van der Waals surface area contributed by atoms with Gasteiger partial charge in [0.1, 0.15) is 0 Å². The van der Waals surface area contributed by atoms with Crippen LogP contribution in [0.25, 0.3) is 32.8 Å². The molecule has 0 aliphatic heterocycles. The number of aromatic nitrogens is 1. The van der Waals surface area contributed by atoms with Gasteiger partial charge < -0.3 is 4.57 Å². The highest BCUT2D eigenvalue weighted by Crippen LogP contribution is 2.25. The number of nitrogens with zero attached hydrogens (tertiary/aromatic N) is 2. The maximum Gasteiger partial charge on any atom is 0.259 e. The molecule has 0 spiro atoms. The average molecular weight is 386 g/mol. The van der Waals surface area contributed by atoms with Crippen molar-refractivity contribution in [3.8, 4) is 17.2 Å². The van der Waals surface area contributed by atoms with Crippen LogP contribution >= 0.6 is 0 Å². The smallest absolute Gasteiger partial charge is 0.259 e. The number of pyridine rings is 1. The molecule has 0 aliphatic rings. The molecule has 0 unspecified atom stereocenters. The van der Waals surface area contributed by atoms with Gasteiger partial charge in [0, 0.05) is 10.8 Å². The van der Waals surface area contributed by atoms with Crippen molar-refractivity contribution in [2.24, 2.45) is 0 Å². The van der Waals surface area contributed by atoms with E-state index in [-0.39, 0.29) is 5.56 Å². The molecule has 0 fully saturated rings. The fraction of sp³-hybridized carbons (Fsp3) is 0.0370. The van der Waals surface area contributed by atoms with Crippen LogP contribution in [0.3, 0.4) is 0 Å². The minimum absolute atomic E-state index is 0.0186. The maximum atomic E-state index is 13.3. The summed E-state index contributed by atoms with van der Waals surface area (Å²) in [5, 5.41) is 11.8. The van der Waals surface area contributed by atoms with Crippen LogP contribution in [-0.4, -0.2) is 4.57 Å². The predicted octanol–water partition coefficient (Wildman–Crippen LogP) is 5.74. The molecule has 0 N–H and O–H groups in total. The van der Waals surface area contributed by atoms with E-state index in [4.69, 9.17) is 0 Å². The fourth-order valence-electron chi connectivity index (χ4n) is 3.99. The Morgan fingerprint density at radius 1 is 0.700 bits per heavy atom. The monoisotopic (exact) mass is 386 g/mol. The Labute approximate surface area is 174 Å². The average Bonchev–Trinajstić information content (AvgIpc) is 2.82. The lowest BCUT2D eigenvalue weighted by Crippen LogP contribution is -2.21. The number of fused-ring (bicyclic) bond motifs is 3. The molecule has 30 heavy (non-hydrogen) atoms. The third-order valence-corrected chi connectivity index (χ3v) is 5.51. The Kier molecular flexibility index (Phi) is 4.38. The molecule has 1 heterocycles. The summed E-state index contributed by atoms with van der Waals surface area (Å²) in [6.07, 6.45) is 0. The van der Waals surface area contributed by atoms with E-state index in [9.17, 15) is 10.1 Å². The predicted molar refractivity (Wildman–Crippen MR) is 121 cm³/mol. The SMILES string of the molecule is N#Cc1ccc2c(c1)c1ccccc1c(=O)n2Cc1ccc(-c2ccccc2)cc1. The zero-order chi connectivity index (χ0) is 20.5. The van der Waals surface area contributed by atoms with Gasteiger partial charge in [0.25, 0.3) is 5.56 Å². The second-order valence-electron chi connectivity index (χ2n) is 7.34. The largest absolute Gasteiger partial charge is 0.303 e. The summed E-state index contributed by atoms with van der Waals surface area (Å²) in [5.41, 5.74) is 4.78. The summed E-state index contributed by atoms with van der Waals surface area (Å²) in [7, 11) is 0. The Morgan fingerprint density at radius 2 is 1.37 bits per heavy atom. The van der Waals surface area contributed by atoms with E-state index < -0.39 is 0 Å². The summed E-state index contributed by atoms with van der Waals surface area (Å²) in [5.74, 6) is 0.